The lowest BCUT2D eigenvalue weighted by molar-refractivity contribution is -0.120. The molecule has 0 radical (unpaired) electrons. The molecule has 0 aliphatic carbocycles. The summed E-state index contributed by atoms with van der Waals surface area (Å²) in [5.74, 6) is 0.736. The number of amides is 1. The fourth-order valence-electron chi connectivity index (χ4n) is 1.47. The van der Waals surface area contributed by atoms with Gasteiger partial charge in [-0.1, -0.05) is 0 Å². The van der Waals surface area contributed by atoms with E-state index in [4.69, 9.17) is 10.5 Å². The van der Waals surface area contributed by atoms with Gasteiger partial charge in [-0.15, -0.1) is 0 Å². The van der Waals surface area contributed by atoms with Gasteiger partial charge in [0.05, 0.1) is 7.11 Å². The zero-order chi connectivity index (χ0) is 12.8. The Morgan fingerprint density at radius 3 is 2.76 bits per heavy atom. The van der Waals surface area contributed by atoms with Crippen LogP contribution in [-0.4, -0.2) is 33.7 Å². The molecule has 0 aliphatic rings. The zero-order valence-electron chi connectivity index (χ0n) is 10.5. The smallest absolute Gasteiger partial charge is 0.221 e. The summed E-state index contributed by atoms with van der Waals surface area (Å²) in [6, 6.07) is 5.50. The zero-order valence-corrected chi connectivity index (χ0v) is 10.5. The lowest BCUT2D eigenvalue weighted by Gasteiger charge is -2.20. The first-order valence-corrected chi connectivity index (χ1v) is 5.43. The Kier molecular flexibility index (Phi) is 4.63. The normalized spacial score (nSPS) is 9.82. The molecule has 0 saturated heterocycles. The van der Waals surface area contributed by atoms with Crippen molar-refractivity contribution in [2.45, 2.75) is 6.42 Å². The van der Waals surface area contributed by atoms with E-state index in [0.717, 1.165) is 5.69 Å². The molecule has 0 bridgehead atoms. The maximum Gasteiger partial charge on any atom is 0.221 e. The molecule has 17 heavy (non-hydrogen) atoms. The van der Waals surface area contributed by atoms with E-state index in [1.54, 1.807) is 20.2 Å². The quantitative estimate of drug-likeness (QED) is 0.745. The second-order valence-electron chi connectivity index (χ2n) is 3.81. The van der Waals surface area contributed by atoms with Crippen LogP contribution in [0.15, 0.2) is 18.2 Å². The summed E-state index contributed by atoms with van der Waals surface area (Å²) < 4.78 is 5.15. The number of nitrogens with two attached hydrogens (primary N) is 1. The van der Waals surface area contributed by atoms with E-state index in [-0.39, 0.29) is 5.91 Å². The number of hydrogen-bond acceptors (Lipinski definition) is 4. The summed E-state index contributed by atoms with van der Waals surface area (Å²) in [6.45, 7) is 0.631. The molecule has 0 spiro atoms. The van der Waals surface area contributed by atoms with Crippen LogP contribution in [0.3, 0.4) is 0 Å². The molecular formula is C12H19N3O2. The van der Waals surface area contributed by atoms with Crippen LogP contribution in [0.4, 0.5) is 11.4 Å². The topological polar surface area (TPSA) is 67.6 Å². The number of ether oxygens (including phenoxy) is 1. The van der Waals surface area contributed by atoms with E-state index in [1.165, 1.54) is 0 Å². The van der Waals surface area contributed by atoms with Crippen molar-refractivity contribution >= 4 is 17.3 Å². The Hall–Kier alpha value is -1.91. The van der Waals surface area contributed by atoms with Crippen molar-refractivity contribution in [1.29, 1.82) is 0 Å². The van der Waals surface area contributed by atoms with Gasteiger partial charge in [-0.3, -0.25) is 4.79 Å². The van der Waals surface area contributed by atoms with Gasteiger partial charge in [-0.25, -0.2) is 0 Å². The van der Waals surface area contributed by atoms with Gasteiger partial charge in [0, 0.05) is 50.6 Å². The summed E-state index contributed by atoms with van der Waals surface area (Å²) in [5, 5.41) is 2.59. The Balaban J connectivity index is 2.71. The summed E-state index contributed by atoms with van der Waals surface area (Å²) >= 11 is 0. The minimum absolute atomic E-state index is 0.0210. The number of carbonyl (C=O) groups is 1. The summed E-state index contributed by atoms with van der Waals surface area (Å²) in [5.41, 5.74) is 7.35. The predicted octanol–water partition coefficient (Wildman–Crippen LogP) is 0.850. The Morgan fingerprint density at radius 2 is 2.18 bits per heavy atom. The number of methoxy groups -OCH3 is 1. The molecule has 0 fully saturated rings. The van der Waals surface area contributed by atoms with Crippen LogP contribution in [0, 0.1) is 0 Å². The fourth-order valence-corrected chi connectivity index (χ4v) is 1.47. The number of carbonyl (C=O) groups excluding carboxylic acids is 1. The first-order chi connectivity index (χ1) is 8.06. The molecule has 1 aromatic rings. The fraction of sp³-hybridized carbons (Fsp3) is 0.417. The van der Waals surface area contributed by atoms with Gasteiger partial charge in [-0.05, 0) is 6.07 Å². The summed E-state index contributed by atoms with van der Waals surface area (Å²) in [6.07, 6.45) is 0.449. The van der Waals surface area contributed by atoms with Gasteiger partial charge >= 0.3 is 0 Å². The molecule has 0 atom stereocenters. The van der Waals surface area contributed by atoms with Gasteiger partial charge < -0.3 is 20.7 Å². The van der Waals surface area contributed by atoms with Crippen LogP contribution in [0.2, 0.25) is 0 Å². The van der Waals surface area contributed by atoms with Gasteiger partial charge in [0.1, 0.15) is 5.75 Å². The van der Waals surface area contributed by atoms with Crippen LogP contribution >= 0.6 is 0 Å². The highest BCUT2D eigenvalue weighted by Gasteiger charge is 2.06. The van der Waals surface area contributed by atoms with E-state index in [9.17, 15) is 4.79 Å². The number of nitrogens with one attached hydrogen (secondary N) is 1. The Morgan fingerprint density at radius 1 is 1.47 bits per heavy atom. The van der Waals surface area contributed by atoms with Crippen molar-refractivity contribution in [2.75, 3.05) is 38.4 Å². The van der Waals surface area contributed by atoms with Crippen molar-refractivity contribution in [2.24, 2.45) is 0 Å². The average Bonchev–Trinajstić information content (AvgIpc) is 2.34. The minimum atomic E-state index is 0.0210. The first-order valence-electron chi connectivity index (χ1n) is 5.43. The molecular weight excluding hydrogens is 218 g/mol. The highest BCUT2D eigenvalue weighted by Crippen LogP contribution is 2.24. The molecule has 0 aromatic heterocycles. The largest absolute Gasteiger partial charge is 0.497 e. The van der Waals surface area contributed by atoms with Gasteiger partial charge in [0.2, 0.25) is 5.91 Å². The highest BCUT2D eigenvalue weighted by molar-refractivity contribution is 5.76. The third kappa shape index (κ3) is 3.86. The van der Waals surface area contributed by atoms with Crippen molar-refractivity contribution in [3.05, 3.63) is 18.2 Å². The molecule has 0 saturated carbocycles. The standard InChI is InChI=1S/C12H19N3O2/c1-14-12(16)4-5-15(2)10-6-9(13)7-11(8-10)17-3/h6-8H,4-5,13H2,1-3H3,(H,14,16). The number of anilines is 2. The summed E-state index contributed by atoms with van der Waals surface area (Å²) in [7, 11) is 5.14. The van der Waals surface area contributed by atoms with E-state index < -0.39 is 0 Å². The van der Waals surface area contributed by atoms with Gasteiger partial charge in [-0.2, -0.15) is 0 Å². The van der Waals surface area contributed by atoms with Crippen LogP contribution in [0.25, 0.3) is 0 Å². The Labute approximate surface area is 102 Å². The van der Waals surface area contributed by atoms with Crippen molar-refractivity contribution in [3.8, 4) is 5.75 Å². The molecule has 5 heteroatoms. The number of nitrogen functional groups attached to an aromatic ring is 1. The first kappa shape index (κ1) is 13.2. The maximum atomic E-state index is 11.2. The second-order valence-corrected chi connectivity index (χ2v) is 3.81. The molecule has 1 rings (SSSR count). The maximum absolute atomic E-state index is 11.2. The van der Waals surface area contributed by atoms with Gasteiger partial charge in [0.25, 0.3) is 0 Å². The number of hydrogen-bond donors (Lipinski definition) is 2. The number of benzene rings is 1. The predicted molar refractivity (Wildman–Crippen MR) is 69.4 cm³/mol. The van der Waals surface area contributed by atoms with Crippen molar-refractivity contribution < 1.29 is 9.53 Å². The Bertz CT molecular complexity index is 393. The molecule has 0 aliphatic heterocycles. The molecule has 1 aromatic carbocycles. The highest BCUT2D eigenvalue weighted by atomic mass is 16.5. The monoisotopic (exact) mass is 237 g/mol. The van der Waals surface area contributed by atoms with E-state index in [0.29, 0.717) is 24.4 Å². The second kappa shape index (κ2) is 5.98. The molecule has 0 heterocycles. The third-order valence-electron chi connectivity index (χ3n) is 2.54. The molecule has 1 amide bonds. The lowest BCUT2D eigenvalue weighted by atomic mass is 10.2. The van der Waals surface area contributed by atoms with Crippen molar-refractivity contribution in [1.82, 2.24) is 5.32 Å². The molecule has 3 N–H and O–H groups in total. The molecule has 94 valence electrons. The lowest BCUT2D eigenvalue weighted by Crippen LogP contribution is -2.26. The van der Waals surface area contributed by atoms with E-state index in [1.807, 2.05) is 24.1 Å². The number of nitrogens with zero attached hydrogens (tertiary/aromatic N) is 1. The third-order valence-corrected chi connectivity index (χ3v) is 2.54. The molecule has 5 nitrogen and oxygen atoms in total. The van der Waals surface area contributed by atoms with Gasteiger partial charge in [0.15, 0.2) is 0 Å². The van der Waals surface area contributed by atoms with Crippen LogP contribution in [0.5, 0.6) is 5.75 Å². The van der Waals surface area contributed by atoms with Crippen LogP contribution in [-0.2, 0) is 4.79 Å². The van der Waals surface area contributed by atoms with Crippen LogP contribution in [0.1, 0.15) is 6.42 Å². The van der Waals surface area contributed by atoms with E-state index >= 15 is 0 Å². The summed E-state index contributed by atoms with van der Waals surface area (Å²) in [4.78, 5) is 13.1. The van der Waals surface area contributed by atoms with E-state index in [2.05, 4.69) is 5.32 Å². The number of rotatable bonds is 5. The SMILES string of the molecule is CNC(=O)CCN(C)c1cc(N)cc(OC)c1. The van der Waals surface area contributed by atoms with Crippen LogP contribution < -0.4 is 20.7 Å². The average molecular weight is 237 g/mol. The van der Waals surface area contributed by atoms with Crippen molar-refractivity contribution in [3.63, 3.8) is 0 Å². The minimum Gasteiger partial charge on any atom is -0.497 e. The molecule has 0 unspecified atom stereocenters.